The number of primary amides is 1. The highest BCUT2D eigenvalue weighted by Crippen LogP contribution is 2.23. The van der Waals surface area contributed by atoms with Gasteiger partial charge >= 0.3 is 5.97 Å². The molecule has 15 heteroatoms. The number of rotatable bonds is 12. The smallest absolute Gasteiger partial charge is 0.303 e. The van der Waals surface area contributed by atoms with E-state index in [0.29, 0.717) is 0 Å². The van der Waals surface area contributed by atoms with Crippen molar-refractivity contribution in [3.63, 3.8) is 0 Å². The summed E-state index contributed by atoms with van der Waals surface area (Å²) in [6, 6.07) is -3.71. The Morgan fingerprint density at radius 2 is 1.71 bits per heavy atom. The summed E-state index contributed by atoms with van der Waals surface area (Å²) in [6.07, 6.45) is -7.74. The molecule has 0 spiro atoms. The first-order valence-corrected chi connectivity index (χ1v) is 10.4. The second-order valence-electron chi connectivity index (χ2n) is 7.83. The Bertz CT molecular complexity index is 765. The largest absolute Gasteiger partial charge is 0.481 e. The van der Waals surface area contributed by atoms with Crippen LogP contribution in [0.15, 0.2) is 0 Å². The minimum absolute atomic E-state index is 0.239. The van der Waals surface area contributed by atoms with Crippen LogP contribution in [0.1, 0.15) is 33.6 Å². The Morgan fingerprint density at radius 1 is 1.09 bits per heavy atom. The zero-order valence-electron chi connectivity index (χ0n) is 19.0. The van der Waals surface area contributed by atoms with E-state index in [0.717, 1.165) is 6.92 Å². The van der Waals surface area contributed by atoms with E-state index in [2.05, 4.69) is 16.0 Å². The Morgan fingerprint density at radius 3 is 2.21 bits per heavy atom. The van der Waals surface area contributed by atoms with Crippen LogP contribution in [0.3, 0.4) is 0 Å². The number of nitrogens with one attached hydrogen (secondary N) is 3. The molecule has 0 radical (unpaired) electrons. The summed E-state index contributed by atoms with van der Waals surface area (Å²) in [7, 11) is 0. The molecule has 0 aliphatic carbocycles. The first kappa shape index (κ1) is 29.2. The van der Waals surface area contributed by atoms with E-state index in [9.17, 15) is 39.3 Å². The van der Waals surface area contributed by atoms with Crippen molar-refractivity contribution in [1.82, 2.24) is 16.0 Å². The first-order chi connectivity index (χ1) is 15.8. The van der Waals surface area contributed by atoms with Gasteiger partial charge in [0.25, 0.3) is 0 Å². The number of carbonyl (C=O) groups is 5. The highest BCUT2D eigenvalue weighted by molar-refractivity contribution is 5.92. The first-order valence-electron chi connectivity index (χ1n) is 10.4. The summed E-state index contributed by atoms with van der Waals surface area (Å²) in [4.78, 5) is 58.4. The van der Waals surface area contributed by atoms with Crippen molar-refractivity contribution in [3.05, 3.63) is 0 Å². The molecule has 1 fully saturated rings. The Kier molecular flexibility index (Phi) is 11.3. The van der Waals surface area contributed by atoms with Gasteiger partial charge in [0.1, 0.15) is 42.5 Å². The molecule has 0 bridgehead atoms. The molecule has 4 amide bonds. The number of aliphatic hydroxyl groups is 3. The molecule has 34 heavy (non-hydrogen) atoms. The topological polar surface area (TPSA) is 247 Å². The molecule has 0 saturated carbocycles. The van der Waals surface area contributed by atoms with Crippen LogP contribution in [0.25, 0.3) is 0 Å². The molecule has 194 valence electrons. The van der Waals surface area contributed by atoms with E-state index < -0.39 is 91.5 Å². The van der Waals surface area contributed by atoms with Gasteiger partial charge in [-0.3, -0.25) is 24.0 Å². The number of hydrogen-bond donors (Lipinski definition) is 8. The third-order valence-corrected chi connectivity index (χ3v) is 5.03. The monoisotopic (exact) mass is 492 g/mol. The van der Waals surface area contributed by atoms with Crippen LogP contribution in [0.2, 0.25) is 0 Å². The van der Waals surface area contributed by atoms with Gasteiger partial charge in [-0.1, -0.05) is 0 Å². The van der Waals surface area contributed by atoms with Gasteiger partial charge in [-0.25, -0.2) is 0 Å². The molecule has 1 rings (SSSR count). The number of carboxylic acids is 1. The highest BCUT2D eigenvalue weighted by Gasteiger charge is 2.47. The molecule has 0 aromatic heterocycles. The van der Waals surface area contributed by atoms with Gasteiger partial charge in [-0.15, -0.1) is 0 Å². The van der Waals surface area contributed by atoms with E-state index in [4.69, 9.17) is 20.3 Å². The number of aliphatic hydroxyl groups excluding tert-OH is 3. The van der Waals surface area contributed by atoms with Crippen LogP contribution >= 0.6 is 0 Å². The molecule has 0 aromatic carbocycles. The van der Waals surface area contributed by atoms with Gasteiger partial charge in [-0.05, 0) is 20.3 Å². The molecular weight excluding hydrogens is 460 g/mol. The van der Waals surface area contributed by atoms with Crippen molar-refractivity contribution in [2.45, 2.75) is 82.4 Å². The zero-order chi connectivity index (χ0) is 26.2. The van der Waals surface area contributed by atoms with E-state index >= 15 is 0 Å². The van der Waals surface area contributed by atoms with Gasteiger partial charge in [-0.2, -0.15) is 0 Å². The van der Waals surface area contributed by atoms with Crippen LogP contribution in [-0.2, 0) is 33.4 Å². The lowest BCUT2D eigenvalue weighted by atomic mass is 9.96. The number of carboxylic acid groups (broad SMARTS) is 1. The van der Waals surface area contributed by atoms with Crippen molar-refractivity contribution >= 4 is 29.6 Å². The van der Waals surface area contributed by atoms with Crippen molar-refractivity contribution in [1.29, 1.82) is 0 Å². The number of nitrogens with two attached hydrogens (primary N) is 1. The maximum atomic E-state index is 12.5. The lowest BCUT2D eigenvalue weighted by molar-refractivity contribution is -0.266. The third kappa shape index (κ3) is 8.49. The van der Waals surface area contributed by atoms with Crippen LogP contribution in [0, 0.1) is 0 Å². The van der Waals surface area contributed by atoms with Crippen LogP contribution in [0.4, 0.5) is 0 Å². The van der Waals surface area contributed by atoms with E-state index in [1.165, 1.54) is 13.8 Å². The number of aliphatic carboxylic acids is 1. The Balaban J connectivity index is 2.80. The molecule has 1 heterocycles. The predicted octanol–water partition coefficient (Wildman–Crippen LogP) is -4.33. The molecule has 0 unspecified atom stereocenters. The lowest BCUT2D eigenvalue weighted by Gasteiger charge is -2.43. The maximum absolute atomic E-state index is 12.5. The summed E-state index contributed by atoms with van der Waals surface area (Å²) in [5.74, 6) is -4.34. The summed E-state index contributed by atoms with van der Waals surface area (Å²) in [5.41, 5.74) is 5.16. The van der Waals surface area contributed by atoms with Crippen molar-refractivity contribution < 1.29 is 53.9 Å². The van der Waals surface area contributed by atoms with E-state index in [1.807, 2.05) is 0 Å². The molecule has 9 N–H and O–H groups in total. The van der Waals surface area contributed by atoms with Crippen LogP contribution in [-0.4, -0.2) is 105 Å². The predicted molar refractivity (Wildman–Crippen MR) is 112 cm³/mol. The second kappa shape index (κ2) is 13.1. The highest BCUT2D eigenvalue weighted by atomic mass is 16.6. The molecule has 1 aliphatic rings. The molecule has 8 atom stereocenters. The maximum Gasteiger partial charge on any atom is 0.303 e. The number of hydrogen-bond acceptors (Lipinski definition) is 10. The van der Waals surface area contributed by atoms with Gasteiger partial charge in [0, 0.05) is 13.3 Å². The number of carbonyl (C=O) groups excluding carboxylic acids is 4. The molecular formula is C19H32N4O11. The van der Waals surface area contributed by atoms with Crippen LogP contribution in [0.5, 0.6) is 0 Å². The SMILES string of the molecule is CC(=O)N[C@@H]1[C@@H](O[C@H](C)C(=O)N[C@@H](C)C(=O)N[C@H](CCC(=O)O)C(N)=O)[C@H](O)[C@@H](CO)O[C@@H]1O. The minimum Gasteiger partial charge on any atom is -0.481 e. The summed E-state index contributed by atoms with van der Waals surface area (Å²) in [5, 5.41) is 45.5. The zero-order valence-corrected chi connectivity index (χ0v) is 19.0. The fraction of sp³-hybridized carbons (Fsp3) is 0.737. The quantitative estimate of drug-likeness (QED) is 0.129. The standard InChI is InChI=1S/C19H32N4O11/c1-7(17(30)23-10(16(20)29)4-5-12(26)27)21-18(31)8(2)33-15-13(22-9(3)25)19(32)34-11(6-24)14(15)28/h7-8,10-11,13-15,19,24,28,32H,4-6H2,1-3H3,(H2,20,29)(H,21,31)(H,22,25)(H,23,30)(H,26,27)/t7-,8+,10+,11+,13+,14+,15+,19-/m0/s1. The van der Waals surface area contributed by atoms with E-state index in [-0.39, 0.29) is 6.42 Å². The molecule has 0 aromatic rings. The van der Waals surface area contributed by atoms with Gasteiger partial charge in [0.05, 0.1) is 6.61 Å². The van der Waals surface area contributed by atoms with Crippen molar-refractivity contribution in [3.8, 4) is 0 Å². The number of ether oxygens (including phenoxy) is 2. The Labute approximate surface area is 195 Å². The summed E-state index contributed by atoms with van der Waals surface area (Å²) < 4.78 is 10.6. The number of amides is 4. The molecule has 1 aliphatic heterocycles. The average Bonchev–Trinajstić information content (AvgIpc) is 2.74. The molecule has 1 saturated heterocycles. The summed E-state index contributed by atoms with van der Waals surface area (Å²) in [6.45, 7) is 3.06. The minimum atomic E-state index is -1.65. The second-order valence-corrected chi connectivity index (χ2v) is 7.83. The van der Waals surface area contributed by atoms with Crippen molar-refractivity contribution in [2.24, 2.45) is 5.73 Å². The fourth-order valence-corrected chi connectivity index (χ4v) is 3.18. The fourth-order valence-electron chi connectivity index (χ4n) is 3.18. The van der Waals surface area contributed by atoms with Crippen molar-refractivity contribution in [2.75, 3.05) is 6.61 Å². The van der Waals surface area contributed by atoms with Gasteiger partial charge in [0.15, 0.2) is 6.29 Å². The summed E-state index contributed by atoms with van der Waals surface area (Å²) >= 11 is 0. The normalized spacial score (nSPS) is 27.1. The average molecular weight is 492 g/mol. The lowest BCUT2D eigenvalue weighted by Crippen LogP contribution is -2.65. The molecule has 15 nitrogen and oxygen atoms in total. The van der Waals surface area contributed by atoms with Crippen LogP contribution < -0.4 is 21.7 Å². The van der Waals surface area contributed by atoms with E-state index in [1.54, 1.807) is 0 Å². The van der Waals surface area contributed by atoms with Gasteiger partial charge < -0.3 is 51.6 Å². The van der Waals surface area contributed by atoms with Gasteiger partial charge in [0.2, 0.25) is 23.6 Å². The third-order valence-electron chi connectivity index (χ3n) is 5.03. The Hall–Kier alpha value is -2.85.